The van der Waals surface area contributed by atoms with E-state index >= 15 is 0 Å². The smallest absolute Gasteiger partial charge is 0.139 e. The lowest BCUT2D eigenvalue weighted by atomic mass is 9.95. The van der Waals surface area contributed by atoms with E-state index in [0.717, 1.165) is 25.2 Å². The van der Waals surface area contributed by atoms with E-state index in [0.29, 0.717) is 30.6 Å². The van der Waals surface area contributed by atoms with E-state index in [-0.39, 0.29) is 0 Å². The number of hydrogen-bond donors (Lipinski definition) is 1. The van der Waals surface area contributed by atoms with Crippen molar-refractivity contribution in [1.82, 2.24) is 15.1 Å². The first kappa shape index (κ1) is 12.3. The summed E-state index contributed by atoms with van der Waals surface area (Å²) in [5.74, 6) is 0.866. The van der Waals surface area contributed by atoms with Gasteiger partial charge >= 0.3 is 0 Å². The molecule has 1 atom stereocenters. The lowest BCUT2D eigenvalue weighted by molar-refractivity contribution is -0.119. The summed E-state index contributed by atoms with van der Waals surface area (Å²) in [6, 6.07) is 2.37. The molecule has 0 saturated carbocycles. The van der Waals surface area contributed by atoms with Crippen molar-refractivity contribution in [1.29, 1.82) is 0 Å². The number of Topliss-reactive ketones (excluding diaryl/α,β-unsaturated/α-hetero) is 1. The van der Waals surface area contributed by atoms with Crippen molar-refractivity contribution in [3.63, 3.8) is 0 Å². The van der Waals surface area contributed by atoms with Crippen molar-refractivity contribution < 1.29 is 4.79 Å². The molecule has 0 bridgehead atoms. The second kappa shape index (κ2) is 5.45. The Balaban J connectivity index is 1.85. The maximum Gasteiger partial charge on any atom is 0.139 e. The van der Waals surface area contributed by atoms with Gasteiger partial charge in [-0.3, -0.25) is 9.48 Å². The Morgan fingerprint density at radius 2 is 2.41 bits per heavy atom. The van der Waals surface area contributed by atoms with Gasteiger partial charge in [0.2, 0.25) is 0 Å². The third kappa shape index (κ3) is 3.16. The molecule has 0 aliphatic carbocycles. The zero-order valence-corrected chi connectivity index (χ0v) is 10.6. The number of rotatable bonds is 6. The third-order valence-electron chi connectivity index (χ3n) is 3.47. The van der Waals surface area contributed by atoms with E-state index in [4.69, 9.17) is 0 Å². The minimum absolute atomic E-state index is 0.311. The zero-order chi connectivity index (χ0) is 12.3. The average molecular weight is 235 g/mol. The van der Waals surface area contributed by atoms with E-state index in [1.807, 2.05) is 16.9 Å². The summed E-state index contributed by atoms with van der Waals surface area (Å²) in [5.41, 5.74) is 0.905. The van der Waals surface area contributed by atoms with Crippen molar-refractivity contribution in [2.75, 3.05) is 13.1 Å². The summed E-state index contributed by atoms with van der Waals surface area (Å²) >= 11 is 0. The standard InChI is InChI=1S/C13H21N3O/c1-3-10(2)16-5-4-12(15-16)7-13(17)6-11-8-14-9-11/h4-5,10-11,14H,3,6-9H2,1-2H3. The molecule has 0 aromatic carbocycles. The fraction of sp³-hybridized carbons (Fsp3) is 0.692. The topological polar surface area (TPSA) is 46.9 Å². The Morgan fingerprint density at radius 3 is 3.00 bits per heavy atom. The molecule has 4 heteroatoms. The maximum absolute atomic E-state index is 11.8. The molecule has 94 valence electrons. The van der Waals surface area contributed by atoms with E-state index in [9.17, 15) is 4.79 Å². The zero-order valence-electron chi connectivity index (χ0n) is 10.6. The van der Waals surface area contributed by atoms with E-state index in [1.54, 1.807) is 0 Å². The lowest BCUT2D eigenvalue weighted by Crippen LogP contribution is -2.43. The highest BCUT2D eigenvalue weighted by Crippen LogP contribution is 2.13. The van der Waals surface area contributed by atoms with Gasteiger partial charge in [-0.15, -0.1) is 0 Å². The Hall–Kier alpha value is -1.16. The Morgan fingerprint density at radius 1 is 1.65 bits per heavy atom. The highest BCUT2D eigenvalue weighted by Gasteiger charge is 2.20. The van der Waals surface area contributed by atoms with Crippen LogP contribution >= 0.6 is 0 Å². The maximum atomic E-state index is 11.8. The molecule has 1 aromatic rings. The predicted molar refractivity (Wildman–Crippen MR) is 66.9 cm³/mol. The highest BCUT2D eigenvalue weighted by atomic mass is 16.1. The van der Waals surface area contributed by atoms with Gasteiger partial charge in [0.1, 0.15) is 5.78 Å². The van der Waals surface area contributed by atoms with Gasteiger partial charge in [0.05, 0.1) is 12.1 Å². The quantitative estimate of drug-likeness (QED) is 0.814. The van der Waals surface area contributed by atoms with Crippen molar-refractivity contribution >= 4 is 5.78 Å². The van der Waals surface area contributed by atoms with Gasteiger partial charge < -0.3 is 5.32 Å². The molecular weight excluding hydrogens is 214 g/mol. The normalized spacial score (nSPS) is 17.8. The molecule has 0 radical (unpaired) electrons. The van der Waals surface area contributed by atoms with Gasteiger partial charge in [0.25, 0.3) is 0 Å². The Labute approximate surface area is 102 Å². The molecule has 1 unspecified atom stereocenters. The molecule has 1 aliphatic heterocycles. The monoisotopic (exact) mass is 235 g/mol. The molecule has 1 aliphatic rings. The second-order valence-electron chi connectivity index (χ2n) is 4.99. The SMILES string of the molecule is CCC(C)n1ccc(CC(=O)CC2CNC2)n1. The van der Waals surface area contributed by atoms with E-state index in [2.05, 4.69) is 24.3 Å². The summed E-state index contributed by atoms with van der Waals surface area (Å²) in [6.45, 7) is 6.26. The van der Waals surface area contributed by atoms with Crippen molar-refractivity contribution in [3.05, 3.63) is 18.0 Å². The number of carbonyl (C=O) groups excluding carboxylic acids is 1. The molecule has 1 saturated heterocycles. The van der Waals surface area contributed by atoms with Gasteiger partial charge in [-0.05, 0) is 38.4 Å². The molecule has 1 N–H and O–H groups in total. The summed E-state index contributed by atoms with van der Waals surface area (Å²) < 4.78 is 1.95. The highest BCUT2D eigenvalue weighted by molar-refractivity contribution is 5.80. The number of aromatic nitrogens is 2. The van der Waals surface area contributed by atoms with Crippen LogP contribution in [0.4, 0.5) is 0 Å². The van der Waals surface area contributed by atoms with Gasteiger partial charge in [0, 0.05) is 18.7 Å². The van der Waals surface area contributed by atoms with Crippen LogP contribution in [-0.2, 0) is 11.2 Å². The number of nitrogens with one attached hydrogen (secondary N) is 1. The average Bonchev–Trinajstić information content (AvgIpc) is 2.71. The van der Waals surface area contributed by atoms with Gasteiger partial charge in [-0.25, -0.2) is 0 Å². The van der Waals surface area contributed by atoms with Crippen LogP contribution in [0.15, 0.2) is 12.3 Å². The predicted octanol–water partition coefficient (Wildman–Crippen LogP) is 1.58. The fourth-order valence-electron chi connectivity index (χ4n) is 1.99. The second-order valence-corrected chi connectivity index (χ2v) is 4.99. The molecule has 0 amide bonds. The summed E-state index contributed by atoms with van der Waals surface area (Å²) in [5, 5.41) is 7.64. The molecule has 2 heterocycles. The minimum atomic E-state index is 0.311. The van der Waals surface area contributed by atoms with Crippen molar-refractivity contribution in [2.24, 2.45) is 5.92 Å². The third-order valence-corrected chi connectivity index (χ3v) is 3.47. The van der Waals surface area contributed by atoms with Gasteiger partial charge in [0.15, 0.2) is 0 Å². The number of hydrogen-bond acceptors (Lipinski definition) is 3. The van der Waals surface area contributed by atoms with Crippen LogP contribution < -0.4 is 5.32 Å². The van der Waals surface area contributed by atoms with Crippen LogP contribution in [-0.4, -0.2) is 28.7 Å². The fourth-order valence-corrected chi connectivity index (χ4v) is 1.99. The molecular formula is C13H21N3O. The molecule has 1 aromatic heterocycles. The summed E-state index contributed by atoms with van der Waals surface area (Å²) in [4.78, 5) is 11.8. The van der Waals surface area contributed by atoms with E-state index in [1.165, 1.54) is 0 Å². The molecule has 1 fully saturated rings. The lowest BCUT2D eigenvalue weighted by Gasteiger charge is -2.26. The van der Waals surface area contributed by atoms with Crippen LogP contribution in [0.25, 0.3) is 0 Å². The van der Waals surface area contributed by atoms with Crippen LogP contribution in [0, 0.1) is 5.92 Å². The number of nitrogens with zero attached hydrogens (tertiary/aromatic N) is 2. The summed E-state index contributed by atoms with van der Waals surface area (Å²) in [7, 11) is 0. The van der Waals surface area contributed by atoms with Gasteiger partial charge in [-0.1, -0.05) is 6.92 Å². The van der Waals surface area contributed by atoms with Gasteiger partial charge in [-0.2, -0.15) is 5.10 Å². The van der Waals surface area contributed by atoms with Crippen LogP contribution in [0.3, 0.4) is 0 Å². The van der Waals surface area contributed by atoms with Crippen LogP contribution in [0.2, 0.25) is 0 Å². The Kier molecular flexibility index (Phi) is 3.94. The van der Waals surface area contributed by atoms with E-state index < -0.39 is 0 Å². The largest absolute Gasteiger partial charge is 0.316 e. The molecule has 2 rings (SSSR count). The minimum Gasteiger partial charge on any atom is -0.316 e. The van der Waals surface area contributed by atoms with Crippen molar-refractivity contribution in [3.8, 4) is 0 Å². The van der Waals surface area contributed by atoms with Crippen LogP contribution in [0.5, 0.6) is 0 Å². The molecule has 4 nitrogen and oxygen atoms in total. The first-order valence-corrected chi connectivity index (χ1v) is 6.45. The number of ketones is 1. The number of carbonyl (C=O) groups is 1. The van der Waals surface area contributed by atoms with Crippen molar-refractivity contribution in [2.45, 2.75) is 39.2 Å². The first-order valence-electron chi connectivity index (χ1n) is 6.45. The Bertz CT molecular complexity index is 382. The summed E-state index contributed by atoms with van der Waals surface area (Å²) in [6.07, 6.45) is 4.22. The molecule has 0 spiro atoms. The first-order chi connectivity index (χ1) is 8.19. The van der Waals surface area contributed by atoms with Crippen LogP contribution in [0.1, 0.15) is 38.4 Å². The molecule has 17 heavy (non-hydrogen) atoms.